The van der Waals surface area contributed by atoms with E-state index in [1.54, 1.807) is 0 Å². The van der Waals surface area contributed by atoms with Gasteiger partial charge in [-0.05, 0) is 13.3 Å². The van der Waals surface area contributed by atoms with Crippen LogP contribution in [0.4, 0.5) is 0 Å². The SMILES string of the molecule is CCCC(=O)NCc1nnc(C)s1. The van der Waals surface area contributed by atoms with Crippen molar-refractivity contribution >= 4 is 17.2 Å². The summed E-state index contributed by atoms with van der Waals surface area (Å²) in [4.78, 5) is 11.1. The van der Waals surface area contributed by atoms with Crippen molar-refractivity contribution in [1.29, 1.82) is 0 Å². The Kier molecular flexibility index (Phi) is 3.82. The summed E-state index contributed by atoms with van der Waals surface area (Å²) in [5.41, 5.74) is 0. The molecule has 0 aliphatic heterocycles. The molecule has 1 amide bonds. The molecule has 0 aliphatic rings. The molecule has 72 valence electrons. The Hall–Kier alpha value is -0.970. The van der Waals surface area contributed by atoms with Crippen molar-refractivity contribution in [2.24, 2.45) is 0 Å². The van der Waals surface area contributed by atoms with Crippen molar-refractivity contribution in [3.05, 3.63) is 10.0 Å². The van der Waals surface area contributed by atoms with Crippen LogP contribution in [0.5, 0.6) is 0 Å². The first-order valence-electron chi connectivity index (χ1n) is 4.28. The van der Waals surface area contributed by atoms with E-state index < -0.39 is 0 Å². The summed E-state index contributed by atoms with van der Waals surface area (Å²) in [5.74, 6) is 0.0790. The second kappa shape index (κ2) is 4.91. The minimum atomic E-state index is 0.0790. The highest BCUT2D eigenvalue weighted by Crippen LogP contribution is 2.06. The van der Waals surface area contributed by atoms with E-state index >= 15 is 0 Å². The van der Waals surface area contributed by atoms with E-state index in [1.165, 1.54) is 11.3 Å². The van der Waals surface area contributed by atoms with Crippen LogP contribution < -0.4 is 5.32 Å². The smallest absolute Gasteiger partial charge is 0.220 e. The second-order valence-electron chi connectivity index (χ2n) is 2.74. The highest BCUT2D eigenvalue weighted by atomic mass is 32.1. The Morgan fingerprint density at radius 2 is 2.31 bits per heavy atom. The molecule has 0 aromatic carbocycles. The van der Waals surface area contributed by atoms with Gasteiger partial charge in [0.2, 0.25) is 5.91 Å². The minimum Gasteiger partial charge on any atom is -0.350 e. The van der Waals surface area contributed by atoms with Gasteiger partial charge in [-0.2, -0.15) is 0 Å². The Morgan fingerprint density at radius 3 is 2.85 bits per heavy atom. The molecule has 1 heterocycles. The molecule has 0 aliphatic carbocycles. The van der Waals surface area contributed by atoms with Crippen LogP contribution in [0.3, 0.4) is 0 Å². The molecule has 13 heavy (non-hydrogen) atoms. The lowest BCUT2D eigenvalue weighted by Gasteiger charge is -1.99. The summed E-state index contributed by atoms with van der Waals surface area (Å²) < 4.78 is 0. The summed E-state index contributed by atoms with van der Waals surface area (Å²) in [6.07, 6.45) is 1.46. The van der Waals surface area contributed by atoms with Crippen LogP contribution in [0.2, 0.25) is 0 Å². The van der Waals surface area contributed by atoms with Crippen molar-refractivity contribution in [2.45, 2.75) is 33.2 Å². The zero-order valence-corrected chi connectivity index (χ0v) is 8.65. The van der Waals surface area contributed by atoms with E-state index in [0.717, 1.165) is 16.4 Å². The number of rotatable bonds is 4. The molecule has 0 bridgehead atoms. The van der Waals surface area contributed by atoms with Crippen LogP contribution in [-0.4, -0.2) is 16.1 Å². The normalized spacial score (nSPS) is 10.0. The summed E-state index contributed by atoms with van der Waals surface area (Å²) in [6.45, 7) is 4.38. The van der Waals surface area contributed by atoms with Crippen LogP contribution in [0.25, 0.3) is 0 Å². The maximum absolute atomic E-state index is 11.1. The van der Waals surface area contributed by atoms with Gasteiger partial charge in [-0.15, -0.1) is 10.2 Å². The monoisotopic (exact) mass is 199 g/mol. The highest BCUT2D eigenvalue weighted by molar-refractivity contribution is 7.11. The van der Waals surface area contributed by atoms with E-state index in [-0.39, 0.29) is 5.91 Å². The van der Waals surface area contributed by atoms with Crippen molar-refractivity contribution < 1.29 is 4.79 Å². The van der Waals surface area contributed by atoms with E-state index in [0.29, 0.717) is 13.0 Å². The van der Waals surface area contributed by atoms with E-state index in [1.807, 2.05) is 13.8 Å². The molecule has 0 saturated carbocycles. The molecular formula is C8H13N3OS. The lowest BCUT2D eigenvalue weighted by Crippen LogP contribution is -2.21. The summed E-state index contributed by atoms with van der Waals surface area (Å²) in [6, 6.07) is 0. The van der Waals surface area contributed by atoms with Gasteiger partial charge in [0.1, 0.15) is 10.0 Å². The molecule has 5 heteroatoms. The average Bonchev–Trinajstić information content (AvgIpc) is 2.49. The van der Waals surface area contributed by atoms with Crippen molar-refractivity contribution in [2.75, 3.05) is 0 Å². The molecule has 0 fully saturated rings. The number of hydrogen-bond acceptors (Lipinski definition) is 4. The molecule has 4 nitrogen and oxygen atoms in total. The Labute approximate surface area is 81.4 Å². The van der Waals surface area contributed by atoms with E-state index in [2.05, 4.69) is 15.5 Å². The number of nitrogens with one attached hydrogen (secondary N) is 1. The third-order valence-corrected chi connectivity index (χ3v) is 2.32. The van der Waals surface area contributed by atoms with Gasteiger partial charge < -0.3 is 5.32 Å². The number of hydrogen-bond donors (Lipinski definition) is 1. The number of aromatic nitrogens is 2. The van der Waals surface area contributed by atoms with Gasteiger partial charge in [0, 0.05) is 6.42 Å². The fourth-order valence-corrected chi connectivity index (χ4v) is 1.55. The Balaban J connectivity index is 2.30. The lowest BCUT2D eigenvalue weighted by molar-refractivity contribution is -0.121. The molecule has 0 saturated heterocycles. The molecule has 0 atom stereocenters. The fraction of sp³-hybridized carbons (Fsp3) is 0.625. The predicted octanol–water partition coefficient (Wildman–Crippen LogP) is 1.26. The summed E-state index contributed by atoms with van der Waals surface area (Å²) >= 11 is 1.51. The molecule has 0 radical (unpaired) electrons. The quantitative estimate of drug-likeness (QED) is 0.794. The largest absolute Gasteiger partial charge is 0.350 e. The molecule has 0 unspecified atom stereocenters. The van der Waals surface area contributed by atoms with Crippen molar-refractivity contribution in [3.8, 4) is 0 Å². The van der Waals surface area contributed by atoms with Gasteiger partial charge in [-0.1, -0.05) is 18.3 Å². The average molecular weight is 199 g/mol. The third kappa shape index (κ3) is 3.50. The summed E-state index contributed by atoms with van der Waals surface area (Å²) in [7, 11) is 0. The third-order valence-electron chi connectivity index (χ3n) is 1.48. The maximum atomic E-state index is 11.1. The van der Waals surface area contributed by atoms with Gasteiger partial charge >= 0.3 is 0 Å². The number of nitrogens with zero attached hydrogens (tertiary/aromatic N) is 2. The van der Waals surface area contributed by atoms with Crippen LogP contribution in [0.1, 0.15) is 29.8 Å². The van der Waals surface area contributed by atoms with Gasteiger partial charge in [-0.3, -0.25) is 4.79 Å². The van der Waals surface area contributed by atoms with Gasteiger partial charge in [0.05, 0.1) is 6.54 Å². The zero-order chi connectivity index (χ0) is 9.68. The van der Waals surface area contributed by atoms with E-state index in [4.69, 9.17) is 0 Å². The van der Waals surface area contributed by atoms with E-state index in [9.17, 15) is 4.79 Å². The molecular weight excluding hydrogens is 186 g/mol. The zero-order valence-electron chi connectivity index (χ0n) is 7.83. The minimum absolute atomic E-state index is 0.0790. The first-order chi connectivity index (χ1) is 6.22. The molecule has 1 aromatic rings. The van der Waals surface area contributed by atoms with Crippen LogP contribution in [0, 0.1) is 6.92 Å². The number of amides is 1. The van der Waals surface area contributed by atoms with Gasteiger partial charge in [-0.25, -0.2) is 0 Å². The number of carbonyl (C=O) groups is 1. The maximum Gasteiger partial charge on any atom is 0.220 e. The fourth-order valence-electron chi connectivity index (χ4n) is 0.899. The van der Waals surface area contributed by atoms with Gasteiger partial charge in [0.25, 0.3) is 0 Å². The van der Waals surface area contributed by atoms with Crippen molar-refractivity contribution in [3.63, 3.8) is 0 Å². The molecule has 0 spiro atoms. The Bertz CT molecular complexity index is 285. The molecule has 1 N–H and O–H groups in total. The van der Waals surface area contributed by atoms with Gasteiger partial charge in [0.15, 0.2) is 0 Å². The highest BCUT2D eigenvalue weighted by Gasteiger charge is 2.02. The topological polar surface area (TPSA) is 54.9 Å². The van der Waals surface area contributed by atoms with Crippen LogP contribution in [-0.2, 0) is 11.3 Å². The second-order valence-corrected chi connectivity index (χ2v) is 4.01. The molecule has 1 aromatic heterocycles. The first-order valence-corrected chi connectivity index (χ1v) is 5.09. The number of aryl methyl sites for hydroxylation is 1. The molecule has 1 rings (SSSR count). The predicted molar refractivity (Wildman–Crippen MR) is 51.4 cm³/mol. The Morgan fingerprint density at radius 1 is 1.54 bits per heavy atom. The first kappa shape index (κ1) is 10.1. The van der Waals surface area contributed by atoms with Crippen molar-refractivity contribution in [1.82, 2.24) is 15.5 Å². The lowest BCUT2D eigenvalue weighted by atomic mass is 10.3. The van der Waals surface area contributed by atoms with Crippen LogP contribution >= 0.6 is 11.3 Å². The summed E-state index contributed by atoms with van der Waals surface area (Å²) in [5, 5.41) is 12.3. The standard InChI is InChI=1S/C8H13N3OS/c1-3-4-7(12)9-5-8-11-10-6(2)13-8/h3-5H2,1-2H3,(H,9,12). The van der Waals surface area contributed by atoms with Crippen LogP contribution in [0.15, 0.2) is 0 Å². The number of carbonyl (C=O) groups excluding carboxylic acids is 1.